The van der Waals surface area contributed by atoms with Crippen LogP contribution in [0.3, 0.4) is 0 Å². The third-order valence-corrected chi connectivity index (χ3v) is 4.43. The van der Waals surface area contributed by atoms with Crippen LogP contribution >= 0.6 is 0 Å². The number of aryl methyl sites for hydroxylation is 1. The number of nitrogens with zero attached hydrogens (tertiary/aromatic N) is 2. The highest BCUT2D eigenvalue weighted by Gasteiger charge is 2.16. The van der Waals surface area contributed by atoms with Crippen molar-refractivity contribution in [2.75, 3.05) is 0 Å². The molecular formula is C20H14N2O. The first-order valence-electron chi connectivity index (χ1n) is 7.65. The lowest BCUT2D eigenvalue weighted by Crippen LogP contribution is -1.92. The molecule has 0 saturated heterocycles. The van der Waals surface area contributed by atoms with Crippen molar-refractivity contribution >= 4 is 33.0 Å². The summed E-state index contributed by atoms with van der Waals surface area (Å²) in [6.07, 6.45) is 0. The van der Waals surface area contributed by atoms with E-state index >= 15 is 0 Å². The predicted octanol–water partition coefficient (Wildman–Crippen LogP) is 5.14. The van der Waals surface area contributed by atoms with Crippen LogP contribution in [0.5, 0.6) is 0 Å². The molecule has 3 heteroatoms. The predicted molar refractivity (Wildman–Crippen MR) is 93.4 cm³/mol. The topological polar surface area (TPSA) is 31.0 Å². The fourth-order valence-electron chi connectivity index (χ4n) is 3.31. The van der Waals surface area contributed by atoms with Crippen molar-refractivity contribution in [3.63, 3.8) is 0 Å². The summed E-state index contributed by atoms with van der Waals surface area (Å²) in [5.41, 5.74) is 4.95. The number of imidazole rings is 1. The summed E-state index contributed by atoms with van der Waals surface area (Å²) in [7, 11) is 2.05. The Kier molecular flexibility index (Phi) is 2.42. The van der Waals surface area contributed by atoms with E-state index in [-0.39, 0.29) is 0 Å². The maximum atomic E-state index is 6.14. The number of para-hydroxylation sites is 4. The van der Waals surface area contributed by atoms with Gasteiger partial charge in [-0.05, 0) is 24.3 Å². The standard InChI is InChI=1S/C20H14N2O/c1-22-17-11-4-3-10-16(17)21-20(22)15-9-6-8-14-13-7-2-5-12-18(13)23-19(14)15/h2-12H,1H3. The first-order chi connectivity index (χ1) is 11.3. The minimum absolute atomic E-state index is 0.895. The summed E-state index contributed by atoms with van der Waals surface area (Å²) in [4.78, 5) is 4.81. The van der Waals surface area contributed by atoms with Crippen molar-refractivity contribution in [2.45, 2.75) is 0 Å². The largest absolute Gasteiger partial charge is 0.455 e. The average molecular weight is 298 g/mol. The molecule has 110 valence electrons. The number of furan rings is 1. The Bertz CT molecular complexity index is 1180. The van der Waals surface area contributed by atoms with E-state index in [1.807, 2.05) is 43.4 Å². The monoisotopic (exact) mass is 298 g/mol. The van der Waals surface area contributed by atoms with Gasteiger partial charge in [-0.3, -0.25) is 0 Å². The molecule has 0 atom stereocenters. The molecule has 0 fully saturated rings. The van der Waals surface area contributed by atoms with Crippen LogP contribution in [0.2, 0.25) is 0 Å². The number of aromatic nitrogens is 2. The zero-order valence-electron chi connectivity index (χ0n) is 12.7. The van der Waals surface area contributed by atoms with Crippen LogP contribution in [-0.4, -0.2) is 9.55 Å². The summed E-state index contributed by atoms with van der Waals surface area (Å²) < 4.78 is 8.26. The molecular weight excluding hydrogens is 284 g/mol. The molecule has 5 rings (SSSR count). The molecule has 0 N–H and O–H groups in total. The van der Waals surface area contributed by atoms with Crippen LogP contribution in [0.15, 0.2) is 71.1 Å². The van der Waals surface area contributed by atoms with Crippen LogP contribution in [0.1, 0.15) is 0 Å². The number of rotatable bonds is 1. The molecule has 23 heavy (non-hydrogen) atoms. The maximum Gasteiger partial charge on any atom is 0.146 e. The number of fused-ring (bicyclic) bond motifs is 4. The smallest absolute Gasteiger partial charge is 0.146 e. The van der Waals surface area contributed by atoms with Crippen molar-refractivity contribution in [2.24, 2.45) is 7.05 Å². The molecule has 0 bridgehead atoms. The molecule has 0 aliphatic heterocycles. The quantitative estimate of drug-likeness (QED) is 0.429. The molecule has 0 amide bonds. The van der Waals surface area contributed by atoms with Crippen molar-refractivity contribution in [3.05, 3.63) is 66.7 Å². The maximum absolute atomic E-state index is 6.14. The van der Waals surface area contributed by atoms with Crippen LogP contribution < -0.4 is 0 Å². The van der Waals surface area contributed by atoms with Gasteiger partial charge in [0.05, 0.1) is 16.6 Å². The van der Waals surface area contributed by atoms with E-state index in [1.165, 1.54) is 0 Å². The highest BCUT2D eigenvalue weighted by Crippen LogP contribution is 2.35. The van der Waals surface area contributed by atoms with Gasteiger partial charge in [0.25, 0.3) is 0 Å². The molecule has 5 aromatic rings. The van der Waals surface area contributed by atoms with Gasteiger partial charge in [-0.1, -0.05) is 42.5 Å². The lowest BCUT2D eigenvalue weighted by molar-refractivity contribution is 0.669. The van der Waals surface area contributed by atoms with Gasteiger partial charge >= 0.3 is 0 Å². The number of hydrogen-bond acceptors (Lipinski definition) is 2. The SMILES string of the molecule is Cn1c(-c2cccc3c2oc2ccccc23)nc2ccccc21. The van der Waals surface area contributed by atoms with Gasteiger partial charge in [0.2, 0.25) is 0 Å². The molecule has 3 nitrogen and oxygen atoms in total. The summed E-state index contributed by atoms with van der Waals surface area (Å²) in [5.74, 6) is 0.927. The third-order valence-electron chi connectivity index (χ3n) is 4.43. The lowest BCUT2D eigenvalue weighted by Gasteiger charge is -2.03. The first-order valence-corrected chi connectivity index (χ1v) is 7.65. The Morgan fingerprint density at radius 3 is 2.52 bits per heavy atom. The van der Waals surface area contributed by atoms with Gasteiger partial charge in [0.15, 0.2) is 0 Å². The van der Waals surface area contributed by atoms with Crippen molar-refractivity contribution in [1.82, 2.24) is 9.55 Å². The zero-order valence-corrected chi connectivity index (χ0v) is 12.7. The Morgan fingerprint density at radius 1 is 0.826 bits per heavy atom. The van der Waals surface area contributed by atoms with Gasteiger partial charge in [-0.2, -0.15) is 0 Å². The van der Waals surface area contributed by atoms with E-state index < -0.39 is 0 Å². The molecule has 0 spiro atoms. The van der Waals surface area contributed by atoms with Crippen molar-refractivity contribution < 1.29 is 4.42 Å². The molecule has 0 unspecified atom stereocenters. The lowest BCUT2D eigenvalue weighted by atomic mass is 10.1. The second kappa shape index (κ2) is 4.46. The van der Waals surface area contributed by atoms with E-state index in [1.54, 1.807) is 0 Å². The van der Waals surface area contributed by atoms with E-state index in [2.05, 4.69) is 34.9 Å². The highest BCUT2D eigenvalue weighted by atomic mass is 16.3. The molecule has 0 aliphatic carbocycles. The van der Waals surface area contributed by atoms with Gasteiger partial charge < -0.3 is 8.98 Å². The Labute approximate surface area is 132 Å². The summed E-state index contributed by atoms with van der Waals surface area (Å²) in [5, 5.41) is 2.27. The van der Waals surface area contributed by atoms with Crippen LogP contribution in [0.25, 0.3) is 44.4 Å². The van der Waals surface area contributed by atoms with Crippen molar-refractivity contribution in [3.8, 4) is 11.4 Å². The Hall–Kier alpha value is -3.07. The minimum atomic E-state index is 0.895. The van der Waals surface area contributed by atoms with E-state index in [0.29, 0.717) is 0 Å². The number of benzene rings is 3. The van der Waals surface area contributed by atoms with Crippen molar-refractivity contribution in [1.29, 1.82) is 0 Å². The second-order valence-corrected chi connectivity index (χ2v) is 5.76. The van der Waals surface area contributed by atoms with Gasteiger partial charge in [-0.25, -0.2) is 4.98 Å². The van der Waals surface area contributed by atoms with E-state index in [0.717, 1.165) is 44.4 Å². The summed E-state index contributed by atoms with van der Waals surface area (Å²) in [6, 6.07) is 22.6. The molecule has 3 aromatic carbocycles. The normalized spacial score (nSPS) is 11.7. The fraction of sp³-hybridized carbons (Fsp3) is 0.0500. The fourth-order valence-corrected chi connectivity index (χ4v) is 3.31. The minimum Gasteiger partial charge on any atom is -0.455 e. The van der Waals surface area contributed by atoms with Crippen LogP contribution in [-0.2, 0) is 7.05 Å². The van der Waals surface area contributed by atoms with E-state index in [4.69, 9.17) is 9.40 Å². The molecule has 0 aliphatic rings. The summed E-state index contributed by atoms with van der Waals surface area (Å²) >= 11 is 0. The van der Waals surface area contributed by atoms with Gasteiger partial charge in [-0.15, -0.1) is 0 Å². The summed E-state index contributed by atoms with van der Waals surface area (Å²) in [6.45, 7) is 0. The number of hydrogen-bond donors (Lipinski definition) is 0. The Morgan fingerprint density at radius 2 is 1.61 bits per heavy atom. The molecule has 2 aromatic heterocycles. The zero-order chi connectivity index (χ0) is 15.4. The second-order valence-electron chi connectivity index (χ2n) is 5.76. The Balaban J connectivity index is 1.90. The van der Waals surface area contributed by atoms with E-state index in [9.17, 15) is 0 Å². The molecule has 0 radical (unpaired) electrons. The first kappa shape index (κ1) is 12.5. The third kappa shape index (κ3) is 1.67. The van der Waals surface area contributed by atoms with Crippen LogP contribution in [0, 0.1) is 0 Å². The molecule has 2 heterocycles. The highest BCUT2D eigenvalue weighted by molar-refractivity contribution is 6.09. The van der Waals surface area contributed by atoms with Crippen LogP contribution in [0.4, 0.5) is 0 Å². The molecule has 0 saturated carbocycles. The van der Waals surface area contributed by atoms with Gasteiger partial charge in [0, 0.05) is 17.8 Å². The average Bonchev–Trinajstić information content (AvgIpc) is 3.13. The van der Waals surface area contributed by atoms with Gasteiger partial charge in [0.1, 0.15) is 17.0 Å².